The molecule has 6 heteroatoms. The number of rotatable bonds is 7. The molecule has 6 nitrogen and oxygen atoms in total. The molecule has 1 aromatic carbocycles. The second kappa shape index (κ2) is 7.49. The fraction of sp³-hybridized carbons (Fsp3) is 0.600. The lowest BCUT2D eigenvalue weighted by Gasteiger charge is -2.24. The fourth-order valence-corrected chi connectivity index (χ4v) is 2.68. The Kier molecular flexibility index (Phi) is 5.67. The first-order chi connectivity index (χ1) is 10.1. The van der Waals surface area contributed by atoms with Crippen molar-refractivity contribution >= 4 is 5.69 Å². The number of non-ortho nitro benzene ring substituents is 1. The van der Waals surface area contributed by atoms with Gasteiger partial charge in [0, 0.05) is 31.3 Å². The number of nitrogens with one attached hydrogen (secondary N) is 1. The van der Waals surface area contributed by atoms with Gasteiger partial charge in [-0.25, -0.2) is 0 Å². The van der Waals surface area contributed by atoms with Gasteiger partial charge in [-0.2, -0.15) is 0 Å². The lowest BCUT2D eigenvalue weighted by Crippen LogP contribution is -2.39. The highest BCUT2D eigenvalue weighted by atomic mass is 16.6. The van der Waals surface area contributed by atoms with Crippen LogP contribution >= 0.6 is 0 Å². The average molecular weight is 293 g/mol. The molecule has 1 heterocycles. The third kappa shape index (κ3) is 4.49. The molecule has 0 spiro atoms. The van der Waals surface area contributed by atoms with Gasteiger partial charge < -0.3 is 10.4 Å². The van der Waals surface area contributed by atoms with Crippen LogP contribution in [0.3, 0.4) is 0 Å². The van der Waals surface area contributed by atoms with E-state index < -0.39 is 11.0 Å². The van der Waals surface area contributed by atoms with Crippen molar-refractivity contribution in [2.24, 2.45) is 0 Å². The van der Waals surface area contributed by atoms with E-state index in [9.17, 15) is 15.2 Å². The molecule has 21 heavy (non-hydrogen) atoms. The Morgan fingerprint density at radius 3 is 2.48 bits per heavy atom. The van der Waals surface area contributed by atoms with Crippen molar-refractivity contribution in [2.75, 3.05) is 26.2 Å². The summed E-state index contributed by atoms with van der Waals surface area (Å²) in [5, 5.41) is 23.9. The molecule has 0 amide bonds. The molecule has 0 bridgehead atoms. The van der Waals surface area contributed by atoms with Crippen molar-refractivity contribution in [3.8, 4) is 0 Å². The van der Waals surface area contributed by atoms with E-state index >= 15 is 0 Å². The van der Waals surface area contributed by atoms with Crippen molar-refractivity contribution in [2.45, 2.75) is 31.9 Å². The van der Waals surface area contributed by atoms with Crippen molar-refractivity contribution in [3.05, 3.63) is 39.9 Å². The van der Waals surface area contributed by atoms with Gasteiger partial charge in [-0.1, -0.05) is 0 Å². The number of aliphatic hydroxyl groups excluding tert-OH is 1. The third-order valence-corrected chi connectivity index (χ3v) is 4.03. The molecule has 1 saturated heterocycles. The standard InChI is InChI=1S/C15H23N3O3/c1-12(17-8-2-3-9-17)10-16-11-15(19)13-4-6-14(7-5-13)18(20)21/h4-7,12,15-16,19H,2-3,8-11H2,1H3. The first-order valence-electron chi connectivity index (χ1n) is 7.45. The number of hydrogen-bond donors (Lipinski definition) is 2. The zero-order valence-corrected chi connectivity index (χ0v) is 12.4. The van der Waals surface area contributed by atoms with Crippen LogP contribution in [0.15, 0.2) is 24.3 Å². The molecule has 1 fully saturated rings. The summed E-state index contributed by atoms with van der Waals surface area (Å²) in [5.41, 5.74) is 0.739. The molecule has 0 radical (unpaired) electrons. The van der Waals surface area contributed by atoms with Gasteiger partial charge in [-0.3, -0.25) is 15.0 Å². The summed E-state index contributed by atoms with van der Waals surface area (Å²) in [6, 6.07) is 6.52. The molecule has 0 aliphatic carbocycles. The predicted octanol–water partition coefficient (Wildman–Crippen LogP) is 1.70. The molecule has 116 valence electrons. The quantitative estimate of drug-likeness (QED) is 0.591. The molecular weight excluding hydrogens is 270 g/mol. The number of benzene rings is 1. The minimum atomic E-state index is -0.642. The molecule has 1 aliphatic heterocycles. The summed E-state index contributed by atoms with van der Waals surface area (Å²) in [5.74, 6) is 0. The number of nitro groups is 1. The van der Waals surface area contributed by atoms with Crippen LogP contribution in [-0.4, -0.2) is 47.2 Å². The van der Waals surface area contributed by atoms with Gasteiger partial charge in [-0.15, -0.1) is 0 Å². The van der Waals surface area contributed by atoms with Crippen LogP contribution in [0.1, 0.15) is 31.4 Å². The van der Waals surface area contributed by atoms with E-state index in [4.69, 9.17) is 0 Å². The Bertz CT molecular complexity index is 458. The van der Waals surface area contributed by atoms with Crippen molar-refractivity contribution in [3.63, 3.8) is 0 Å². The summed E-state index contributed by atoms with van der Waals surface area (Å²) < 4.78 is 0. The zero-order chi connectivity index (χ0) is 15.2. The minimum Gasteiger partial charge on any atom is -0.387 e. The summed E-state index contributed by atoms with van der Waals surface area (Å²) in [6.45, 7) is 5.80. The molecule has 2 N–H and O–H groups in total. The van der Waals surface area contributed by atoms with Crippen LogP contribution in [0.4, 0.5) is 5.69 Å². The van der Waals surface area contributed by atoms with E-state index in [1.165, 1.54) is 25.0 Å². The maximum Gasteiger partial charge on any atom is 0.269 e. The minimum absolute atomic E-state index is 0.0431. The highest BCUT2D eigenvalue weighted by Crippen LogP contribution is 2.17. The maximum absolute atomic E-state index is 10.6. The van der Waals surface area contributed by atoms with Gasteiger partial charge in [0.05, 0.1) is 11.0 Å². The molecular formula is C15H23N3O3. The van der Waals surface area contributed by atoms with Crippen LogP contribution in [0.5, 0.6) is 0 Å². The van der Waals surface area contributed by atoms with Crippen LogP contribution in [0, 0.1) is 10.1 Å². The number of hydrogen-bond acceptors (Lipinski definition) is 5. The van der Waals surface area contributed by atoms with E-state index in [-0.39, 0.29) is 5.69 Å². The van der Waals surface area contributed by atoms with E-state index in [0.717, 1.165) is 19.6 Å². The third-order valence-electron chi connectivity index (χ3n) is 4.03. The van der Waals surface area contributed by atoms with E-state index in [1.807, 2.05) is 0 Å². The largest absolute Gasteiger partial charge is 0.387 e. The first-order valence-corrected chi connectivity index (χ1v) is 7.45. The normalized spacial score (nSPS) is 18.6. The van der Waals surface area contributed by atoms with Crippen LogP contribution < -0.4 is 5.32 Å². The predicted molar refractivity (Wildman–Crippen MR) is 81.2 cm³/mol. The molecule has 1 aromatic rings. The van der Waals surface area contributed by atoms with Crippen molar-refractivity contribution in [1.82, 2.24) is 10.2 Å². The highest BCUT2D eigenvalue weighted by Gasteiger charge is 2.18. The average Bonchev–Trinajstić information content (AvgIpc) is 3.01. The van der Waals surface area contributed by atoms with Gasteiger partial charge in [0.1, 0.15) is 0 Å². The SMILES string of the molecule is CC(CNCC(O)c1ccc([N+](=O)[O-])cc1)N1CCCC1. The highest BCUT2D eigenvalue weighted by molar-refractivity contribution is 5.33. The van der Waals surface area contributed by atoms with E-state index in [0.29, 0.717) is 18.2 Å². The van der Waals surface area contributed by atoms with Crippen LogP contribution in [-0.2, 0) is 0 Å². The van der Waals surface area contributed by atoms with Gasteiger partial charge in [-0.05, 0) is 50.6 Å². The fourth-order valence-electron chi connectivity index (χ4n) is 2.68. The number of nitrogens with zero attached hydrogens (tertiary/aromatic N) is 2. The Morgan fingerprint density at radius 1 is 1.29 bits per heavy atom. The Labute approximate surface area is 124 Å². The van der Waals surface area contributed by atoms with E-state index in [2.05, 4.69) is 17.1 Å². The van der Waals surface area contributed by atoms with Gasteiger partial charge in [0.15, 0.2) is 0 Å². The molecule has 2 atom stereocenters. The van der Waals surface area contributed by atoms with Crippen molar-refractivity contribution < 1.29 is 10.0 Å². The van der Waals surface area contributed by atoms with E-state index in [1.54, 1.807) is 12.1 Å². The summed E-state index contributed by atoms with van der Waals surface area (Å²) in [6.07, 6.45) is 1.91. The Balaban J connectivity index is 1.75. The summed E-state index contributed by atoms with van der Waals surface area (Å²) in [7, 11) is 0. The zero-order valence-electron chi connectivity index (χ0n) is 12.4. The summed E-state index contributed by atoms with van der Waals surface area (Å²) in [4.78, 5) is 12.6. The molecule has 0 saturated carbocycles. The summed E-state index contributed by atoms with van der Waals surface area (Å²) >= 11 is 0. The first kappa shape index (κ1) is 15.9. The molecule has 2 rings (SSSR count). The molecule has 2 unspecified atom stereocenters. The smallest absolute Gasteiger partial charge is 0.269 e. The monoisotopic (exact) mass is 293 g/mol. The number of nitro benzene ring substituents is 1. The molecule has 1 aliphatic rings. The van der Waals surface area contributed by atoms with Gasteiger partial charge in [0.25, 0.3) is 5.69 Å². The second-order valence-corrected chi connectivity index (χ2v) is 5.61. The maximum atomic E-state index is 10.6. The van der Waals surface area contributed by atoms with Crippen LogP contribution in [0.2, 0.25) is 0 Å². The molecule has 0 aromatic heterocycles. The van der Waals surface area contributed by atoms with Crippen molar-refractivity contribution in [1.29, 1.82) is 0 Å². The Morgan fingerprint density at radius 2 is 1.90 bits per heavy atom. The Hall–Kier alpha value is -1.50. The van der Waals surface area contributed by atoms with Gasteiger partial charge >= 0.3 is 0 Å². The number of likely N-dealkylation sites (tertiary alicyclic amines) is 1. The number of aliphatic hydroxyl groups is 1. The lowest BCUT2D eigenvalue weighted by atomic mass is 10.1. The topological polar surface area (TPSA) is 78.6 Å². The van der Waals surface area contributed by atoms with Crippen LogP contribution in [0.25, 0.3) is 0 Å². The van der Waals surface area contributed by atoms with Gasteiger partial charge in [0.2, 0.25) is 0 Å². The second-order valence-electron chi connectivity index (χ2n) is 5.61. The lowest BCUT2D eigenvalue weighted by molar-refractivity contribution is -0.384.